The van der Waals surface area contributed by atoms with E-state index in [4.69, 9.17) is 4.42 Å². The molecule has 1 aromatic carbocycles. The molecule has 3 rings (SSSR count). The number of hydrogen-bond donors (Lipinski definition) is 0. The van der Waals surface area contributed by atoms with Crippen LogP contribution in [0.5, 0.6) is 0 Å². The summed E-state index contributed by atoms with van der Waals surface area (Å²) in [6.07, 6.45) is 1.73. The van der Waals surface area contributed by atoms with Crippen molar-refractivity contribution in [3.05, 3.63) is 47.5 Å². The maximum absolute atomic E-state index is 5.32. The lowest BCUT2D eigenvalue weighted by molar-refractivity contribution is 0.616. The quantitative estimate of drug-likeness (QED) is 0.582. The highest BCUT2D eigenvalue weighted by molar-refractivity contribution is 7.15. The summed E-state index contributed by atoms with van der Waals surface area (Å²) in [5.41, 5.74) is 2.22. The molecule has 0 aliphatic rings. The zero-order valence-electron chi connectivity index (χ0n) is 8.36. The van der Waals surface area contributed by atoms with E-state index >= 15 is 0 Å². The minimum atomic E-state index is 0.951. The van der Waals surface area contributed by atoms with Crippen molar-refractivity contribution in [2.24, 2.45) is 0 Å². The molecule has 0 saturated heterocycles. The lowest BCUT2D eigenvalue weighted by Gasteiger charge is -1.96. The van der Waals surface area contributed by atoms with Gasteiger partial charge in [0.25, 0.3) is 0 Å². The second kappa shape index (κ2) is 3.24. The molecule has 2 heterocycles. The van der Waals surface area contributed by atoms with Gasteiger partial charge in [-0.25, -0.2) is 0 Å². The summed E-state index contributed by atoms with van der Waals surface area (Å²) in [6, 6.07) is 12.6. The molecule has 0 fully saturated rings. The average Bonchev–Trinajstić information content (AvgIpc) is 2.84. The number of furan rings is 1. The van der Waals surface area contributed by atoms with E-state index < -0.39 is 0 Å². The molecule has 0 radical (unpaired) electrons. The van der Waals surface area contributed by atoms with Gasteiger partial charge in [-0.05, 0) is 48.9 Å². The first-order valence-corrected chi connectivity index (χ1v) is 5.69. The Morgan fingerprint density at radius 1 is 1.07 bits per heavy atom. The van der Waals surface area contributed by atoms with Crippen LogP contribution in [0.3, 0.4) is 0 Å². The van der Waals surface area contributed by atoms with Gasteiger partial charge in [-0.2, -0.15) is 0 Å². The molecule has 15 heavy (non-hydrogen) atoms. The molecule has 0 amide bonds. The smallest absolute Gasteiger partial charge is 0.133 e. The van der Waals surface area contributed by atoms with Crippen molar-refractivity contribution < 1.29 is 4.42 Å². The Morgan fingerprint density at radius 2 is 2.00 bits per heavy atom. The van der Waals surface area contributed by atoms with E-state index in [1.165, 1.54) is 20.7 Å². The Bertz CT molecular complexity index is 604. The van der Waals surface area contributed by atoms with Crippen LogP contribution in [0.15, 0.2) is 47.1 Å². The lowest BCUT2D eigenvalue weighted by atomic mass is 10.1. The Labute approximate surface area is 92.0 Å². The molecule has 3 aromatic rings. The van der Waals surface area contributed by atoms with E-state index in [1.54, 1.807) is 6.26 Å². The third-order valence-electron chi connectivity index (χ3n) is 2.48. The number of benzene rings is 1. The third kappa shape index (κ3) is 1.47. The summed E-state index contributed by atoms with van der Waals surface area (Å²) in [4.78, 5) is 2.66. The van der Waals surface area contributed by atoms with Crippen molar-refractivity contribution in [2.45, 2.75) is 6.92 Å². The topological polar surface area (TPSA) is 13.1 Å². The largest absolute Gasteiger partial charge is 0.464 e. The van der Waals surface area contributed by atoms with E-state index in [1.807, 2.05) is 23.5 Å². The Balaban J connectivity index is 2.18. The van der Waals surface area contributed by atoms with Crippen LogP contribution in [-0.4, -0.2) is 0 Å². The van der Waals surface area contributed by atoms with Gasteiger partial charge >= 0.3 is 0 Å². The molecule has 0 aliphatic carbocycles. The van der Waals surface area contributed by atoms with Crippen LogP contribution in [0.1, 0.15) is 4.88 Å². The van der Waals surface area contributed by atoms with Gasteiger partial charge in [0.15, 0.2) is 0 Å². The molecular weight excluding hydrogens is 204 g/mol. The SMILES string of the molecule is Cc1ccc(-c2ccc3occc3c2)s1. The highest BCUT2D eigenvalue weighted by atomic mass is 32.1. The first-order valence-electron chi connectivity index (χ1n) is 4.87. The van der Waals surface area contributed by atoms with Crippen molar-refractivity contribution in [1.82, 2.24) is 0 Å². The fourth-order valence-corrected chi connectivity index (χ4v) is 2.57. The van der Waals surface area contributed by atoms with E-state index in [0.717, 1.165) is 5.58 Å². The average molecular weight is 214 g/mol. The minimum Gasteiger partial charge on any atom is -0.464 e. The van der Waals surface area contributed by atoms with Crippen LogP contribution in [0, 0.1) is 6.92 Å². The van der Waals surface area contributed by atoms with Gasteiger partial charge in [0.1, 0.15) is 5.58 Å². The highest BCUT2D eigenvalue weighted by Crippen LogP contribution is 2.30. The molecule has 2 aromatic heterocycles. The van der Waals surface area contributed by atoms with Gasteiger partial charge in [-0.1, -0.05) is 0 Å². The maximum atomic E-state index is 5.32. The van der Waals surface area contributed by atoms with Crippen LogP contribution < -0.4 is 0 Å². The van der Waals surface area contributed by atoms with Gasteiger partial charge in [0, 0.05) is 15.1 Å². The Kier molecular flexibility index (Phi) is 1.89. The van der Waals surface area contributed by atoms with E-state index in [-0.39, 0.29) is 0 Å². The van der Waals surface area contributed by atoms with Crippen molar-refractivity contribution >= 4 is 22.3 Å². The predicted molar refractivity (Wildman–Crippen MR) is 64.3 cm³/mol. The first-order chi connectivity index (χ1) is 7.33. The molecular formula is C13H10OS. The maximum Gasteiger partial charge on any atom is 0.133 e. The van der Waals surface area contributed by atoms with E-state index in [9.17, 15) is 0 Å². The third-order valence-corrected chi connectivity index (χ3v) is 3.53. The van der Waals surface area contributed by atoms with E-state index in [2.05, 4.69) is 31.2 Å². The molecule has 0 spiro atoms. The summed E-state index contributed by atoms with van der Waals surface area (Å²) >= 11 is 1.82. The monoisotopic (exact) mass is 214 g/mol. The summed E-state index contributed by atoms with van der Waals surface area (Å²) < 4.78 is 5.32. The summed E-state index contributed by atoms with van der Waals surface area (Å²) in [5, 5.41) is 1.17. The zero-order valence-corrected chi connectivity index (χ0v) is 9.17. The molecule has 0 atom stereocenters. The van der Waals surface area contributed by atoms with Crippen LogP contribution >= 0.6 is 11.3 Å². The normalized spacial score (nSPS) is 11.0. The van der Waals surface area contributed by atoms with Crippen LogP contribution in [0.4, 0.5) is 0 Å². The second-order valence-electron chi connectivity index (χ2n) is 3.58. The molecule has 0 unspecified atom stereocenters. The predicted octanol–water partition coefficient (Wildman–Crippen LogP) is 4.47. The van der Waals surface area contributed by atoms with E-state index in [0.29, 0.717) is 0 Å². The number of thiophene rings is 1. The number of hydrogen-bond acceptors (Lipinski definition) is 2. The van der Waals surface area contributed by atoms with Crippen molar-refractivity contribution in [1.29, 1.82) is 0 Å². The standard InChI is InChI=1S/C13H10OS/c1-9-2-5-13(15-9)11-3-4-12-10(8-11)6-7-14-12/h2-8H,1H3. The van der Waals surface area contributed by atoms with Gasteiger partial charge in [0.2, 0.25) is 0 Å². The molecule has 0 saturated carbocycles. The number of rotatable bonds is 1. The van der Waals surface area contributed by atoms with Crippen molar-refractivity contribution in [2.75, 3.05) is 0 Å². The molecule has 74 valence electrons. The van der Waals surface area contributed by atoms with Gasteiger partial charge in [-0.3, -0.25) is 0 Å². The fraction of sp³-hybridized carbons (Fsp3) is 0.0769. The van der Waals surface area contributed by atoms with Crippen molar-refractivity contribution in [3.63, 3.8) is 0 Å². The number of aryl methyl sites for hydroxylation is 1. The molecule has 0 N–H and O–H groups in total. The molecule has 0 bridgehead atoms. The minimum absolute atomic E-state index is 0.951. The number of fused-ring (bicyclic) bond motifs is 1. The van der Waals surface area contributed by atoms with Crippen LogP contribution in [-0.2, 0) is 0 Å². The van der Waals surface area contributed by atoms with Gasteiger partial charge in [0.05, 0.1) is 6.26 Å². The summed E-state index contributed by atoms with van der Waals surface area (Å²) in [5.74, 6) is 0. The first kappa shape index (κ1) is 8.74. The fourth-order valence-electron chi connectivity index (χ4n) is 1.71. The molecule has 1 nitrogen and oxygen atoms in total. The van der Waals surface area contributed by atoms with Gasteiger partial charge in [-0.15, -0.1) is 11.3 Å². The van der Waals surface area contributed by atoms with Gasteiger partial charge < -0.3 is 4.42 Å². The van der Waals surface area contributed by atoms with Crippen molar-refractivity contribution in [3.8, 4) is 10.4 Å². The molecule has 2 heteroatoms. The summed E-state index contributed by atoms with van der Waals surface area (Å²) in [6.45, 7) is 2.13. The Morgan fingerprint density at radius 3 is 2.80 bits per heavy atom. The second-order valence-corrected chi connectivity index (χ2v) is 4.87. The zero-order chi connectivity index (χ0) is 10.3. The van der Waals surface area contributed by atoms with Crippen LogP contribution in [0.2, 0.25) is 0 Å². The molecule has 0 aliphatic heterocycles. The summed E-state index contributed by atoms with van der Waals surface area (Å²) in [7, 11) is 0. The Hall–Kier alpha value is -1.54. The van der Waals surface area contributed by atoms with Crippen LogP contribution in [0.25, 0.3) is 21.4 Å². The lowest BCUT2D eigenvalue weighted by Crippen LogP contribution is -1.70. The highest BCUT2D eigenvalue weighted by Gasteiger charge is 2.03.